The molecule has 0 radical (unpaired) electrons. The highest BCUT2D eigenvalue weighted by Gasteiger charge is 2.27. The molecule has 0 atom stereocenters. The molecule has 0 spiro atoms. The molecule has 1 fully saturated rings. The highest BCUT2D eigenvalue weighted by atomic mass is 16.6. The lowest BCUT2D eigenvalue weighted by molar-refractivity contribution is 0.0562. The fourth-order valence-corrected chi connectivity index (χ4v) is 3.32. The second-order valence-corrected chi connectivity index (χ2v) is 7.12. The Bertz CT molecular complexity index is 995. The van der Waals surface area contributed by atoms with Crippen LogP contribution < -0.4 is 14.9 Å². The number of carbonyl (C=O) groups excluding carboxylic acids is 2. The number of aryl methyl sites for hydroxylation is 1. The number of hydrogen-bond acceptors (Lipinski definition) is 6. The summed E-state index contributed by atoms with van der Waals surface area (Å²) in [7, 11) is 3.28. The largest absolute Gasteiger partial charge is 0.497 e. The molecule has 0 unspecified atom stereocenters. The van der Waals surface area contributed by atoms with Gasteiger partial charge >= 0.3 is 6.09 Å². The summed E-state index contributed by atoms with van der Waals surface area (Å²) in [5.41, 5.74) is 0.763. The van der Waals surface area contributed by atoms with Crippen LogP contribution in [0.5, 0.6) is 11.5 Å². The van der Waals surface area contributed by atoms with E-state index in [0.717, 1.165) is 5.56 Å². The van der Waals surface area contributed by atoms with Crippen LogP contribution >= 0.6 is 0 Å². The molecule has 2 heterocycles. The maximum Gasteiger partial charge on any atom is 0.409 e. The van der Waals surface area contributed by atoms with Gasteiger partial charge in [-0.15, -0.1) is 0 Å². The molecule has 2 amide bonds. The average Bonchev–Trinajstić information content (AvgIpc) is 2.79. The van der Waals surface area contributed by atoms with Gasteiger partial charge < -0.3 is 28.6 Å². The predicted molar refractivity (Wildman–Crippen MR) is 114 cm³/mol. The van der Waals surface area contributed by atoms with E-state index in [1.165, 1.54) is 12.3 Å². The van der Waals surface area contributed by atoms with Crippen molar-refractivity contribution in [3.05, 3.63) is 58.0 Å². The fourth-order valence-electron chi connectivity index (χ4n) is 3.32. The van der Waals surface area contributed by atoms with Crippen LogP contribution in [0, 0.1) is 0 Å². The van der Waals surface area contributed by atoms with Gasteiger partial charge in [0.05, 0.1) is 19.9 Å². The second-order valence-electron chi connectivity index (χ2n) is 7.12. The van der Waals surface area contributed by atoms with Crippen molar-refractivity contribution >= 4 is 12.0 Å². The molecule has 9 nitrogen and oxygen atoms in total. The number of methoxy groups -OCH3 is 1. The van der Waals surface area contributed by atoms with Crippen molar-refractivity contribution in [1.29, 1.82) is 0 Å². The Morgan fingerprint density at radius 3 is 2.45 bits per heavy atom. The van der Waals surface area contributed by atoms with E-state index in [-0.39, 0.29) is 35.5 Å². The molecule has 0 saturated carbocycles. The van der Waals surface area contributed by atoms with Gasteiger partial charge in [0.2, 0.25) is 5.43 Å². The lowest BCUT2D eigenvalue weighted by Gasteiger charge is -2.34. The molecule has 0 N–H and O–H groups in total. The summed E-state index contributed by atoms with van der Waals surface area (Å²) in [6.45, 7) is 3.80. The Morgan fingerprint density at radius 1 is 1.06 bits per heavy atom. The van der Waals surface area contributed by atoms with Crippen LogP contribution in [0.15, 0.2) is 41.3 Å². The first kappa shape index (κ1) is 22.2. The van der Waals surface area contributed by atoms with Gasteiger partial charge in [0.25, 0.3) is 5.91 Å². The lowest BCUT2D eigenvalue weighted by Crippen LogP contribution is -2.51. The van der Waals surface area contributed by atoms with Crippen LogP contribution in [0.25, 0.3) is 0 Å². The van der Waals surface area contributed by atoms with E-state index in [0.29, 0.717) is 38.5 Å². The predicted octanol–water partition coefficient (Wildman–Crippen LogP) is 1.89. The third kappa shape index (κ3) is 5.36. The molecule has 1 aliphatic rings. The minimum Gasteiger partial charge on any atom is -0.497 e. The summed E-state index contributed by atoms with van der Waals surface area (Å²) < 4.78 is 17.4. The summed E-state index contributed by atoms with van der Waals surface area (Å²) in [4.78, 5) is 40.5. The molecule has 1 saturated heterocycles. The summed E-state index contributed by atoms with van der Waals surface area (Å²) in [6.07, 6.45) is 1.14. The van der Waals surface area contributed by atoms with Crippen molar-refractivity contribution in [3.63, 3.8) is 0 Å². The van der Waals surface area contributed by atoms with Crippen molar-refractivity contribution in [2.45, 2.75) is 13.5 Å². The molecule has 31 heavy (non-hydrogen) atoms. The van der Waals surface area contributed by atoms with Gasteiger partial charge in [-0.1, -0.05) is 12.1 Å². The smallest absolute Gasteiger partial charge is 0.409 e. The van der Waals surface area contributed by atoms with E-state index in [4.69, 9.17) is 14.2 Å². The molecular formula is C22H27N3O6. The number of amides is 2. The molecule has 166 valence electrons. The van der Waals surface area contributed by atoms with E-state index in [9.17, 15) is 14.4 Å². The first-order chi connectivity index (χ1) is 14.9. The number of rotatable bonds is 6. The molecule has 9 heteroatoms. The van der Waals surface area contributed by atoms with Gasteiger partial charge in [-0.25, -0.2) is 4.79 Å². The van der Waals surface area contributed by atoms with E-state index < -0.39 is 0 Å². The van der Waals surface area contributed by atoms with Crippen molar-refractivity contribution in [1.82, 2.24) is 14.4 Å². The van der Waals surface area contributed by atoms with Crippen LogP contribution in [0.1, 0.15) is 23.0 Å². The molecule has 0 aliphatic carbocycles. The third-order valence-corrected chi connectivity index (χ3v) is 5.04. The SMILES string of the molecule is CCOC(=O)N1CCN(C(=O)c2cc(=O)c(OCc3cccc(OC)c3)cn2C)CC1. The zero-order valence-corrected chi connectivity index (χ0v) is 18.0. The van der Waals surface area contributed by atoms with Gasteiger partial charge in [0.15, 0.2) is 5.75 Å². The Labute approximate surface area is 180 Å². The van der Waals surface area contributed by atoms with E-state index in [2.05, 4.69) is 0 Å². The van der Waals surface area contributed by atoms with Gasteiger partial charge in [0, 0.05) is 39.3 Å². The quantitative estimate of drug-likeness (QED) is 0.697. The van der Waals surface area contributed by atoms with Crippen molar-refractivity contribution < 1.29 is 23.8 Å². The van der Waals surface area contributed by atoms with Gasteiger partial charge in [-0.2, -0.15) is 0 Å². The normalized spacial score (nSPS) is 13.6. The summed E-state index contributed by atoms with van der Waals surface area (Å²) >= 11 is 0. The van der Waals surface area contributed by atoms with Crippen LogP contribution in [0.2, 0.25) is 0 Å². The first-order valence-electron chi connectivity index (χ1n) is 10.1. The number of carbonyl (C=O) groups is 2. The van der Waals surface area contributed by atoms with Gasteiger partial charge in [0.1, 0.15) is 18.1 Å². The summed E-state index contributed by atoms with van der Waals surface area (Å²) in [5.74, 6) is 0.606. The number of piperazine rings is 1. The first-order valence-corrected chi connectivity index (χ1v) is 10.1. The standard InChI is InChI=1S/C22H27N3O6/c1-4-30-22(28)25-10-8-24(9-11-25)21(27)18-13-19(26)20(14-23(18)2)31-15-16-6-5-7-17(12-16)29-3/h5-7,12-14H,4,8-11,15H2,1-3H3. The molecule has 2 aromatic rings. The molecule has 0 bridgehead atoms. The molecule has 3 rings (SSSR count). The van der Waals surface area contributed by atoms with Crippen molar-refractivity contribution in [2.24, 2.45) is 7.05 Å². The zero-order valence-electron chi connectivity index (χ0n) is 18.0. The Balaban J connectivity index is 1.65. The van der Waals surface area contributed by atoms with E-state index >= 15 is 0 Å². The molecular weight excluding hydrogens is 402 g/mol. The summed E-state index contributed by atoms with van der Waals surface area (Å²) in [6, 6.07) is 8.68. The third-order valence-electron chi connectivity index (χ3n) is 5.04. The van der Waals surface area contributed by atoms with Gasteiger partial charge in [-0.3, -0.25) is 9.59 Å². The van der Waals surface area contributed by atoms with Crippen LogP contribution in [-0.2, 0) is 18.4 Å². The highest BCUT2D eigenvalue weighted by molar-refractivity contribution is 5.92. The zero-order chi connectivity index (χ0) is 22.4. The van der Waals surface area contributed by atoms with Gasteiger partial charge in [-0.05, 0) is 24.6 Å². The van der Waals surface area contributed by atoms with Crippen molar-refractivity contribution in [2.75, 3.05) is 39.9 Å². The Hall–Kier alpha value is -3.49. The molecule has 1 aromatic heterocycles. The van der Waals surface area contributed by atoms with E-state index in [1.54, 1.807) is 35.4 Å². The lowest BCUT2D eigenvalue weighted by atomic mass is 10.2. The monoisotopic (exact) mass is 429 g/mol. The highest BCUT2D eigenvalue weighted by Crippen LogP contribution is 2.16. The second kappa shape index (κ2) is 10.0. The molecule has 1 aromatic carbocycles. The Kier molecular flexibility index (Phi) is 7.17. The Morgan fingerprint density at radius 2 is 1.77 bits per heavy atom. The average molecular weight is 429 g/mol. The minimum absolute atomic E-state index is 0.161. The maximum absolute atomic E-state index is 12.9. The topological polar surface area (TPSA) is 90.3 Å². The number of ether oxygens (including phenoxy) is 3. The number of hydrogen-bond donors (Lipinski definition) is 0. The summed E-state index contributed by atoms with van der Waals surface area (Å²) in [5, 5.41) is 0. The van der Waals surface area contributed by atoms with Crippen LogP contribution in [0.4, 0.5) is 4.79 Å². The van der Waals surface area contributed by atoms with E-state index in [1.807, 2.05) is 24.3 Å². The number of aromatic nitrogens is 1. The number of benzene rings is 1. The van der Waals surface area contributed by atoms with Crippen molar-refractivity contribution in [3.8, 4) is 11.5 Å². The van der Waals surface area contributed by atoms with Crippen LogP contribution in [-0.4, -0.2) is 66.3 Å². The minimum atomic E-state index is -0.375. The maximum atomic E-state index is 12.9. The van der Waals surface area contributed by atoms with Crippen LogP contribution in [0.3, 0.4) is 0 Å². The number of pyridine rings is 1. The fraction of sp³-hybridized carbons (Fsp3) is 0.409. The molecule has 1 aliphatic heterocycles. The number of nitrogens with zero attached hydrogens (tertiary/aromatic N) is 3.